The lowest BCUT2D eigenvalue weighted by molar-refractivity contribution is -0.145. The number of carbonyl (C=O) groups is 2. The van der Waals surface area contributed by atoms with E-state index >= 15 is 0 Å². The molecule has 2 rings (SSSR count). The zero-order valence-electron chi connectivity index (χ0n) is 12.3. The Labute approximate surface area is 128 Å². The minimum atomic E-state index is -0.771. The normalized spacial score (nSPS) is 11.7. The molecule has 0 radical (unpaired) electrons. The van der Waals surface area contributed by atoms with Crippen molar-refractivity contribution in [2.75, 3.05) is 6.61 Å². The molecule has 2 heterocycles. The zero-order valence-corrected chi connectivity index (χ0v) is 12.3. The molecule has 0 saturated carbocycles. The van der Waals surface area contributed by atoms with E-state index in [1.54, 1.807) is 18.3 Å². The van der Waals surface area contributed by atoms with Crippen molar-refractivity contribution in [3.8, 4) is 0 Å². The minimum absolute atomic E-state index is 0.291. The third-order valence-corrected chi connectivity index (χ3v) is 2.96. The highest BCUT2D eigenvalue weighted by Gasteiger charge is 2.23. The van der Waals surface area contributed by atoms with Crippen LogP contribution in [0.2, 0.25) is 0 Å². The number of ether oxygens (including phenoxy) is 1. The smallest absolute Gasteiger partial charge is 0.329 e. The van der Waals surface area contributed by atoms with Crippen LogP contribution in [0, 0.1) is 0 Å². The van der Waals surface area contributed by atoms with Crippen molar-refractivity contribution in [3.63, 3.8) is 0 Å². The van der Waals surface area contributed by atoms with E-state index in [1.807, 2.05) is 6.92 Å². The maximum absolute atomic E-state index is 12.2. The average molecular weight is 302 g/mol. The number of hydrogen-bond acceptors (Lipinski definition) is 5. The van der Waals surface area contributed by atoms with Gasteiger partial charge in [0.2, 0.25) is 0 Å². The molecule has 116 valence electrons. The van der Waals surface area contributed by atoms with Gasteiger partial charge in [-0.05, 0) is 18.6 Å². The second-order valence-corrected chi connectivity index (χ2v) is 4.71. The van der Waals surface area contributed by atoms with E-state index in [4.69, 9.17) is 4.74 Å². The molecule has 0 aliphatic rings. The van der Waals surface area contributed by atoms with Gasteiger partial charge in [0.1, 0.15) is 6.04 Å². The van der Waals surface area contributed by atoms with Gasteiger partial charge in [-0.15, -0.1) is 0 Å². The average Bonchev–Trinajstić information content (AvgIpc) is 3.05. The number of aromatic nitrogens is 3. The van der Waals surface area contributed by atoms with E-state index in [9.17, 15) is 9.59 Å². The summed E-state index contributed by atoms with van der Waals surface area (Å²) in [5.41, 5.74) is 1.18. The minimum Gasteiger partial charge on any atom is -0.464 e. The second-order valence-electron chi connectivity index (χ2n) is 4.71. The van der Waals surface area contributed by atoms with E-state index < -0.39 is 12.0 Å². The number of H-pyrrole nitrogens is 1. The molecule has 0 fully saturated rings. The Morgan fingerprint density at radius 2 is 2.09 bits per heavy atom. The van der Waals surface area contributed by atoms with Crippen molar-refractivity contribution in [1.82, 2.24) is 20.3 Å². The molecular formula is C15H18N4O3. The number of pyridine rings is 1. The molecule has 7 nitrogen and oxygen atoms in total. The number of nitrogens with zero attached hydrogens (tertiary/aromatic N) is 2. The highest BCUT2D eigenvalue weighted by Crippen LogP contribution is 2.04. The molecule has 0 spiro atoms. The maximum Gasteiger partial charge on any atom is 0.329 e. The topological polar surface area (TPSA) is 97.0 Å². The summed E-state index contributed by atoms with van der Waals surface area (Å²) in [4.78, 5) is 35.0. The number of imidazole rings is 1. The third kappa shape index (κ3) is 4.41. The quantitative estimate of drug-likeness (QED) is 0.746. The fourth-order valence-electron chi connectivity index (χ4n) is 1.86. The highest BCUT2D eigenvalue weighted by molar-refractivity contribution is 5.96. The first-order valence-electron chi connectivity index (χ1n) is 7.05. The van der Waals surface area contributed by atoms with Crippen LogP contribution in [0.5, 0.6) is 0 Å². The summed E-state index contributed by atoms with van der Waals surface area (Å²) >= 11 is 0. The first-order valence-corrected chi connectivity index (χ1v) is 7.05. The highest BCUT2D eigenvalue weighted by atomic mass is 16.5. The Morgan fingerprint density at radius 1 is 1.32 bits per heavy atom. The molecule has 0 saturated heterocycles. The Morgan fingerprint density at radius 3 is 2.73 bits per heavy atom. The van der Waals surface area contributed by atoms with Crippen LogP contribution in [0.25, 0.3) is 0 Å². The molecule has 7 heteroatoms. The summed E-state index contributed by atoms with van der Waals surface area (Å²) in [6.07, 6.45) is 7.19. The predicted octanol–water partition coefficient (Wildman–Crippen LogP) is 1.10. The fourth-order valence-corrected chi connectivity index (χ4v) is 1.86. The van der Waals surface area contributed by atoms with Gasteiger partial charge in [0.15, 0.2) is 0 Å². The van der Waals surface area contributed by atoms with Crippen molar-refractivity contribution >= 4 is 11.9 Å². The van der Waals surface area contributed by atoms with Crippen LogP contribution in [0.3, 0.4) is 0 Å². The summed E-state index contributed by atoms with van der Waals surface area (Å²) < 4.78 is 5.14. The van der Waals surface area contributed by atoms with Crippen LogP contribution >= 0.6 is 0 Å². The van der Waals surface area contributed by atoms with Gasteiger partial charge < -0.3 is 15.0 Å². The molecule has 0 aliphatic carbocycles. The third-order valence-electron chi connectivity index (χ3n) is 2.96. The molecule has 2 N–H and O–H groups in total. The zero-order chi connectivity index (χ0) is 15.8. The van der Waals surface area contributed by atoms with Crippen LogP contribution in [-0.2, 0) is 16.0 Å². The van der Waals surface area contributed by atoms with Crippen LogP contribution in [0.1, 0.15) is 29.4 Å². The van der Waals surface area contributed by atoms with Gasteiger partial charge in [-0.25, -0.2) is 9.78 Å². The van der Waals surface area contributed by atoms with Gasteiger partial charge in [0, 0.05) is 36.3 Å². The van der Waals surface area contributed by atoms with Crippen molar-refractivity contribution in [2.24, 2.45) is 0 Å². The molecule has 0 unspecified atom stereocenters. The standard InChI is InChI=1S/C15H18N4O3/c1-2-7-22-15(21)13(8-12-9-17-10-18-12)19-14(20)11-3-5-16-6-4-11/h3-6,9-10,13H,2,7-8H2,1H3,(H,17,18)(H,19,20)/t13-/m1/s1. The molecule has 0 bridgehead atoms. The number of aromatic amines is 1. The molecular weight excluding hydrogens is 284 g/mol. The molecule has 1 atom stereocenters. The number of carbonyl (C=O) groups excluding carboxylic acids is 2. The van der Waals surface area contributed by atoms with E-state index in [0.29, 0.717) is 18.6 Å². The first kappa shape index (κ1) is 15.7. The number of hydrogen-bond donors (Lipinski definition) is 2. The first-order chi connectivity index (χ1) is 10.7. The largest absolute Gasteiger partial charge is 0.464 e. The van der Waals surface area contributed by atoms with Gasteiger partial charge in [0.05, 0.1) is 12.9 Å². The van der Waals surface area contributed by atoms with Gasteiger partial charge in [-0.2, -0.15) is 0 Å². The number of rotatable bonds is 7. The lowest BCUT2D eigenvalue weighted by Gasteiger charge is -2.17. The maximum atomic E-state index is 12.2. The Bertz CT molecular complexity index is 599. The second kappa shape index (κ2) is 7.92. The van der Waals surface area contributed by atoms with Crippen LogP contribution in [-0.4, -0.2) is 39.5 Å². The van der Waals surface area contributed by atoms with Gasteiger partial charge >= 0.3 is 5.97 Å². The molecule has 22 heavy (non-hydrogen) atoms. The summed E-state index contributed by atoms with van der Waals surface area (Å²) in [6.45, 7) is 2.23. The van der Waals surface area contributed by atoms with E-state index in [1.165, 1.54) is 18.7 Å². The predicted molar refractivity (Wildman–Crippen MR) is 79.0 cm³/mol. The van der Waals surface area contributed by atoms with Crippen LogP contribution in [0.4, 0.5) is 0 Å². The Balaban J connectivity index is 2.06. The van der Waals surface area contributed by atoms with Gasteiger partial charge in [-0.3, -0.25) is 9.78 Å². The summed E-state index contributed by atoms with van der Waals surface area (Å²) in [5.74, 6) is -0.806. The summed E-state index contributed by atoms with van der Waals surface area (Å²) in [7, 11) is 0. The fraction of sp³-hybridized carbons (Fsp3) is 0.333. The molecule has 0 aliphatic heterocycles. The monoisotopic (exact) mass is 302 g/mol. The molecule has 1 amide bonds. The van der Waals surface area contributed by atoms with E-state index in [-0.39, 0.29) is 5.91 Å². The Kier molecular flexibility index (Phi) is 5.65. The molecule has 0 aromatic carbocycles. The van der Waals surface area contributed by atoms with Crippen LogP contribution in [0.15, 0.2) is 37.1 Å². The SMILES string of the molecule is CCCOC(=O)[C@@H](Cc1cnc[nH]1)NC(=O)c1ccncc1. The van der Waals surface area contributed by atoms with E-state index in [0.717, 1.165) is 12.1 Å². The Hall–Kier alpha value is -2.70. The summed E-state index contributed by atoms with van der Waals surface area (Å²) in [5, 5.41) is 2.69. The van der Waals surface area contributed by atoms with Gasteiger partial charge in [-0.1, -0.05) is 6.92 Å². The van der Waals surface area contributed by atoms with Gasteiger partial charge in [0.25, 0.3) is 5.91 Å². The van der Waals surface area contributed by atoms with Crippen molar-refractivity contribution < 1.29 is 14.3 Å². The summed E-state index contributed by atoms with van der Waals surface area (Å²) in [6, 6.07) is 2.40. The van der Waals surface area contributed by atoms with Crippen molar-refractivity contribution in [2.45, 2.75) is 25.8 Å². The van der Waals surface area contributed by atoms with Crippen LogP contribution < -0.4 is 5.32 Å². The number of esters is 1. The molecule has 2 aromatic heterocycles. The lowest BCUT2D eigenvalue weighted by Crippen LogP contribution is -2.43. The molecule has 2 aromatic rings. The number of nitrogens with one attached hydrogen (secondary N) is 2. The van der Waals surface area contributed by atoms with Crippen molar-refractivity contribution in [1.29, 1.82) is 0 Å². The van der Waals surface area contributed by atoms with Crippen molar-refractivity contribution in [3.05, 3.63) is 48.3 Å². The lowest BCUT2D eigenvalue weighted by atomic mass is 10.1. The van der Waals surface area contributed by atoms with E-state index in [2.05, 4.69) is 20.3 Å². The number of amides is 1.